The Morgan fingerprint density at radius 1 is 1.19 bits per heavy atom. The van der Waals surface area contributed by atoms with E-state index in [1.807, 2.05) is 36.4 Å². The van der Waals surface area contributed by atoms with Crippen molar-refractivity contribution in [1.82, 2.24) is 4.90 Å². The van der Waals surface area contributed by atoms with Gasteiger partial charge in [0.25, 0.3) is 5.54 Å². The maximum Gasteiger partial charge on any atom is 0.407 e. The molecule has 1 aliphatic rings. The zero-order valence-electron chi connectivity index (χ0n) is 17.0. The van der Waals surface area contributed by atoms with E-state index in [1.165, 1.54) is 0 Å². The molecular weight excluding hydrogens is 400 g/mol. The number of amides is 1. The predicted molar refractivity (Wildman–Crippen MR) is 110 cm³/mol. The third-order valence-corrected chi connectivity index (χ3v) is 4.95. The van der Waals surface area contributed by atoms with Crippen LogP contribution in [0.15, 0.2) is 64.8 Å². The average Bonchev–Trinajstić information content (AvgIpc) is 3.28. The van der Waals surface area contributed by atoms with Gasteiger partial charge in [-0.15, -0.1) is 0 Å². The minimum absolute atomic E-state index is 0.00454. The number of esters is 1. The molecule has 1 amide bonds. The fraction of sp³-hybridized carbons (Fsp3) is 0.318. The Hall–Kier alpha value is -3.93. The molecule has 0 aliphatic carbocycles. The number of carbonyl (C=O) groups excluding carboxylic acids is 1. The zero-order valence-corrected chi connectivity index (χ0v) is 17.0. The molecule has 0 aromatic heterocycles. The average molecular weight is 422 g/mol. The summed E-state index contributed by atoms with van der Waals surface area (Å²) in [5.74, 6) is -0.207. The minimum atomic E-state index is -1.92. The number of para-hydroxylation sites is 1. The van der Waals surface area contributed by atoms with Gasteiger partial charge in [0.2, 0.25) is 0 Å². The lowest BCUT2D eigenvalue weighted by Crippen LogP contribution is -2.45. The number of nitrogens with zero attached hydrogens (tertiary/aromatic N) is 4. The van der Waals surface area contributed by atoms with Gasteiger partial charge >= 0.3 is 12.1 Å². The van der Waals surface area contributed by atoms with E-state index in [4.69, 9.17) is 9.47 Å². The van der Waals surface area contributed by atoms with Gasteiger partial charge in [-0.05, 0) is 49.7 Å². The summed E-state index contributed by atoms with van der Waals surface area (Å²) in [6, 6.07) is 17.9. The molecule has 9 heteroatoms. The van der Waals surface area contributed by atoms with Gasteiger partial charge in [0.15, 0.2) is 0 Å². The SMILES string of the molecule is CCOC(=O)C(C#N)(N=Nc1ccc(Oc2ccccc2)cc1)C1CCN(C(=O)O)C1. The van der Waals surface area contributed by atoms with Gasteiger partial charge in [0.1, 0.15) is 17.6 Å². The molecule has 0 saturated carbocycles. The van der Waals surface area contributed by atoms with E-state index in [-0.39, 0.29) is 19.7 Å². The van der Waals surface area contributed by atoms with Crippen LogP contribution in [0, 0.1) is 17.2 Å². The van der Waals surface area contributed by atoms with E-state index in [1.54, 1.807) is 31.2 Å². The minimum Gasteiger partial charge on any atom is -0.465 e. The van der Waals surface area contributed by atoms with E-state index >= 15 is 0 Å². The van der Waals surface area contributed by atoms with Gasteiger partial charge in [0, 0.05) is 19.0 Å². The number of carboxylic acid groups (broad SMARTS) is 1. The molecule has 1 aliphatic heterocycles. The Morgan fingerprint density at radius 2 is 1.87 bits per heavy atom. The molecule has 3 rings (SSSR count). The topological polar surface area (TPSA) is 125 Å². The molecule has 2 atom stereocenters. The van der Waals surface area contributed by atoms with Crippen molar-refractivity contribution in [1.29, 1.82) is 5.26 Å². The number of nitriles is 1. The second-order valence-corrected chi connectivity index (χ2v) is 6.92. The Morgan fingerprint density at radius 3 is 2.45 bits per heavy atom. The molecule has 2 aromatic rings. The smallest absolute Gasteiger partial charge is 0.407 e. The summed E-state index contributed by atoms with van der Waals surface area (Å²) >= 11 is 0. The number of hydrogen-bond donors (Lipinski definition) is 1. The second-order valence-electron chi connectivity index (χ2n) is 6.92. The summed E-state index contributed by atoms with van der Waals surface area (Å²) in [5.41, 5.74) is -1.50. The van der Waals surface area contributed by atoms with Crippen molar-refractivity contribution in [3.8, 4) is 17.6 Å². The van der Waals surface area contributed by atoms with Crippen molar-refractivity contribution in [2.24, 2.45) is 16.1 Å². The number of azo groups is 1. The quantitative estimate of drug-likeness (QED) is 0.521. The summed E-state index contributed by atoms with van der Waals surface area (Å²) in [6.45, 7) is 1.91. The molecule has 0 spiro atoms. The number of hydrogen-bond acceptors (Lipinski definition) is 7. The molecule has 1 N–H and O–H groups in total. The Balaban J connectivity index is 1.81. The van der Waals surface area contributed by atoms with Crippen LogP contribution in [0.5, 0.6) is 11.5 Å². The molecule has 2 unspecified atom stereocenters. The number of ether oxygens (including phenoxy) is 2. The first-order chi connectivity index (χ1) is 15.0. The number of carbonyl (C=O) groups is 2. The van der Waals surface area contributed by atoms with Crippen LogP contribution in [0.25, 0.3) is 0 Å². The van der Waals surface area contributed by atoms with E-state index in [0.717, 1.165) is 4.90 Å². The predicted octanol–water partition coefficient (Wildman–Crippen LogP) is 4.39. The maximum atomic E-state index is 12.7. The Bertz CT molecular complexity index is 987. The van der Waals surface area contributed by atoms with Crippen LogP contribution in [0.4, 0.5) is 10.5 Å². The number of rotatable bonds is 7. The summed E-state index contributed by atoms with van der Waals surface area (Å²) in [7, 11) is 0. The van der Waals surface area contributed by atoms with Crippen molar-refractivity contribution >= 4 is 17.7 Å². The van der Waals surface area contributed by atoms with Gasteiger partial charge in [-0.2, -0.15) is 15.5 Å². The molecule has 160 valence electrons. The van der Waals surface area contributed by atoms with E-state index in [2.05, 4.69) is 10.2 Å². The van der Waals surface area contributed by atoms with E-state index in [0.29, 0.717) is 23.6 Å². The first-order valence-electron chi connectivity index (χ1n) is 9.80. The van der Waals surface area contributed by atoms with Crippen LogP contribution in [0.2, 0.25) is 0 Å². The third kappa shape index (κ3) is 4.98. The van der Waals surface area contributed by atoms with Gasteiger partial charge < -0.3 is 19.5 Å². The van der Waals surface area contributed by atoms with Gasteiger partial charge in [-0.1, -0.05) is 18.2 Å². The van der Waals surface area contributed by atoms with Crippen molar-refractivity contribution < 1.29 is 24.2 Å². The van der Waals surface area contributed by atoms with Crippen LogP contribution in [-0.2, 0) is 9.53 Å². The van der Waals surface area contributed by atoms with E-state index in [9.17, 15) is 20.0 Å². The van der Waals surface area contributed by atoms with Crippen LogP contribution >= 0.6 is 0 Å². The number of likely N-dealkylation sites (tertiary alicyclic amines) is 1. The summed E-state index contributed by atoms with van der Waals surface area (Å²) < 4.78 is 10.8. The van der Waals surface area contributed by atoms with Crippen LogP contribution in [0.3, 0.4) is 0 Å². The fourth-order valence-corrected chi connectivity index (χ4v) is 3.31. The largest absolute Gasteiger partial charge is 0.465 e. The highest BCUT2D eigenvalue weighted by molar-refractivity contribution is 5.85. The molecule has 1 saturated heterocycles. The summed E-state index contributed by atoms with van der Waals surface area (Å²) in [6.07, 6.45) is -0.800. The molecule has 9 nitrogen and oxygen atoms in total. The van der Waals surface area contributed by atoms with Crippen LogP contribution < -0.4 is 4.74 Å². The van der Waals surface area contributed by atoms with E-state index < -0.39 is 23.5 Å². The lowest BCUT2D eigenvalue weighted by Gasteiger charge is -2.25. The first kappa shape index (κ1) is 21.8. The fourth-order valence-electron chi connectivity index (χ4n) is 3.31. The molecule has 0 radical (unpaired) electrons. The summed E-state index contributed by atoms with van der Waals surface area (Å²) in [5, 5.41) is 27.2. The Labute approximate surface area is 179 Å². The highest BCUT2D eigenvalue weighted by Crippen LogP contribution is 2.34. The molecular formula is C22H22N4O5. The zero-order chi connectivity index (χ0) is 22.3. The third-order valence-electron chi connectivity index (χ3n) is 4.95. The summed E-state index contributed by atoms with van der Waals surface area (Å²) in [4.78, 5) is 25.1. The van der Waals surface area contributed by atoms with Gasteiger partial charge in [-0.3, -0.25) is 0 Å². The lowest BCUT2D eigenvalue weighted by atomic mass is 9.85. The highest BCUT2D eigenvalue weighted by atomic mass is 16.5. The second kappa shape index (κ2) is 9.71. The van der Waals surface area contributed by atoms with Crippen molar-refractivity contribution in [2.45, 2.75) is 18.9 Å². The van der Waals surface area contributed by atoms with Crippen molar-refractivity contribution in [3.05, 3.63) is 54.6 Å². The lowest BCUT2D eigenvalue weighted by molar-refractivity contribution is -0.149. The van der Waals surface area contributed by atoms with Gasteiger partial charge in [-0.25, -0.2) is 9.59 Å². The molecule has 0 bridgehead atoms. The molecule has 2 aromatic carbocycles. The molecule has 31 heavy (non-hydrogen) atoms. The maximum absolute atomic E-state index is 12.7. The Kier molecular flexibility index (Phi) is 6.82. The normalized spacial score (nSPS) is 17.7. The van der Waals surface area contributed by atoms with Crippen molar-refractivity contribution in [3.63, 3.8) is 0 Å². The van der Waals surface area contributed by atoms with Crippen molar-refractivity contribution in [2.75, 3.05) is 19.7 Å². The van der Waals surface area contributed by atoms with Crippen LogP contribution in [0.1, 0.15) is 13.3 Å². The highest BCUT2D eigenvalue weighted by Gasteiger charge is 2.52. The molecule has 1 fully saturated rings. The number of benzene rings is 2. The first-order valence-corrected chi connectivity index (χ1v) is 9.80. The standard InChI is InChI=1S/C22H22N4O5/c1-2-30-20(27)22(15-23,16-12-13-26(14-16)21(28)29)25-24-17-8-10-19(11-9-17)31-18-6-4-3-5-7-18/h3-11,16H,2,12-14H2,1H3,(H,28,29). The van der Waals surface area contributed by atoms with Gasteiger partial charge in [0.05, 0.1) is 12.3 Å². The van der Waals surface area contributed by atoms with Crippen LogP contribution in [-0.4, -0.2) is 47.3 Å². The molecule has 1 heterocycles. The monoisotopic (exact) mass is 422 g/mol.